The van der Waals surface area contributed by atoms with Gasteiger partial charge >= 0.3 is 6.03 Å². The maximum Gasteiger partial charge on any atom is 0.315 e. The van der Waals surface area contributed by atoms with E-state index in [1.807, 2.05) is 16.8 Å². The maximum atomic E-state index is 11.6. The van der Waals surface area contributed by atoms with Crippen molar-refractivity contribution in [1.29, 1.82) is 0 Å². The van der Waals surface area contributed by atoms with Crippen LogP contribution >= 0.6 is 22.9 Å². The molecule has 1 unspecified atom stereocenters. The van der Waals surface area contributed by atoms with Gasteiger partial charge in [0, 0.05) is 11.6 Å². The minimum atomic E-state index is -0.692. The first kappa shape index (κ1) is 16.6. The molecule has 0 aliphatic heterocycles. The van der Waals surface area contributed by atoms with Crippen molar-refractivity contribution >= 4 is 29.0 Å². The third-order valence-corrected chi connectivity index (χ3v) is 3.81. The molecular formula is C15H17ClN2O3S. The lowest BCUT2D eigenvalue weighted by Crippen LogP contribution is -2.39. The number of carbonyl (C=O) groups excluding carboxylic acids is 1. The van der Waals surface area contributed by atoms with Crippen LogP contribution in [0.5, 0.6) is 5.75 Å². The fourth-order valence-electron chi connectivity index (χ4n) is 1.70. The number of halogens is 1. The molecule has 2 aromatic rings. The topological polar surface area (TPSA) is 70.6 Å². The van der Waals surface area contributed by atoms with Crippen LogP contribution < -0.4 is 15.4 Å². The summed E-state index contributed by atoms with van der Waals surface area (Å²) in [5, 5.41) is 19.5. The largest absolute Gasteiger partial charge is 0.492 e. The zero-order chi connectivity index (χ0) is 15.8. The molecule has 2 amide bonds. The van der Waals surface area contributed by atoms with Crippen LogP contribution in [-0.4, -0.2) is 30.8 Å². The number of carbonyl (C=O) groups is 1. The molecule has 0 spiro atoms. The smallest absolute Gasteiger partial charge is 0.315 e. The number of nitrogens with one attached hydrogen (secondary N) is 2. The Kier molecular flexibility index (Phi) is 6.51. The van der Waals surface area contributed by atoms with Crippen molar-refractivity contribution in [2.45, 2.75) is 6.10 Å². The van der Waals surface area contributed by atoms with Crippen molar-refractivity contribution in [3.63, 3.8) is 0 Å². The SMILES string of the molecule is O=C(NCCOc1ccc(Cl)cc1)NCC(O)c1ccsc1. The first-order valence-electron chi connectivity index (χ1n) is 6.75. The zero-order valence-corrected chi connectivity index (χ0v) is 13.4. The quantitative estimate of drug-likeness (QED) is 0.679. The Labute approximate surface area is 137 Å². The van der Waals surface area contributed by atoms with Crippen LogP contribution in [0, 0.1) is 0 Å². The summed E-state index contributed by atoms with van der Waals surface area (Å²) in [7, 11) is 0. The predicted molar refractivity (Wildman–Crippen MR) is 87.6 cm³/mol. The maximum absolute atomic E-state index is 11.6. The third-order valence-electron chi connectivity index (χ3n) is 2.85. The van der Waals surface area contributed by atoms with E-state index in [1.165, 1.54) is 11.3 Å². The van der Waals surface area contributed by atoms with Crippen LogP contribution in [0.3, 0.4) is 0 Å². The number of hydrogen-bond donors (Lipinski definition) is 3. The van der Waals surface area contributed by atoms with Gasteiger partial charge in [-0.1, -0.05) is 11.6 Å². The number of aliphatic hydroxyl groups excluding tert-OH is 1. The molecule has 7 heteroatoms. The second-order valence-electron chi connectivity index (χ2n) is 4.51. The Hall–Kier alpha value is -1.76. The average molecular weight is 341 g/mol. The Morgan fingerprint density at radius 2 is 2.05 bits per heavy atom. The van der Waals surface area contributed by atoms with Crippen molar-refractivity contribution in [2.75, 3.05) is 19.7 Å². The zero-order valence-electron chi connectivity index (χ0n) is 11.8. The normalized spacial score (nSPS) is 11.7. The second-order valence-corrected chi connectivity index (χ2v) is 5.73. The van der Waals surface area contributed by atoms with Gasteiger partial charge in [0.25, 0.3) is 0 Å². The molecule has 5 nitrogen and oxygen atoms in total. The van der Waals surface area contributed by atoms with Gasteiger partial charge in [-0.3, -0.25) is 0 Å². The minimum absolute atomic E-state index is 0.167. The van der Waals surface area contributed by atoms with Gasteiger partial charge in [-0.05, 0) is 46.7 Å². The van der Waals surface area contributed by atoms with E-state index in [9.17, 15) is 9.90 Å². The van der Waals surface area contributed by atoms with Crippen LogP contribution in [0.1, 0.15) is 11.7 Å². The van der Waals surface area contributed by atoms with Crippen molar-refractivity contribution in [1.82, 2.24) is 10.6 Å². The average Bonchev–Trinajstić information content (AvgIpc) is 3.05. The molecule has 0 fully saturated rings. The molecule has 118 valence electrons. The highest BCUT2D eigenvalue weighted by molar-refractivity contribution is 7.07. The summed E-state index contributed by atoms with van der Waals surface area (Å²) >= 11 is 7.28. The second kappa shape index (κ2) is 8.63. The van der Waals surface area contributed by atoms with Crippen molar-refractivity contribution < 1.29 is 14.6 Å². The first-order valence-corrected chi connectivity index (χ1v) is 8.07. The van der Waals surface area contributed by atoms with Crippen LogP contribution in [0.2, 0.25) is 5.02 Å². The number of aliphatic hydroxyl groups is 1. The minimum Gasteiger partial charge on any atom is -0.492 e. The van der Waals surface area contributed by atoms with E-state index in [1.54, 1.807) is 24.3 Å². The molecule has 1 aromatic heterocycles. The fraction of sp³-hybridized carbons (Fsp3) is 0.267. The van der Waals surface area contributed by atoms with Gasteiger partial charge in [-0.2, -0.15) is 11.3 Å². The Bertz CT molecular complexity index is 575. The van der Waals surface area contributed by atoms with Gasteiger partial charge in [-0.25, -0.2) is 4.79 Å². The van der Waals surface area contributed by atoms with Crippen LogP contribution in [-0.2, 0) is 0 Å². The molecule has 22 heavy (non-hydrogen) atoms. The highest BCUT2D eigenvalue weighted by Crippen LogP contribution is 2.15. The number of hydrogen-bond acceptors (Lipinski definition) is 4. The Morgan fingerprint density at radius 3 is 2.73 bits per heavy atom. The molecule has 1 heterocycles. The molecule has 0 aliphatic carbocycles. The summed E-state index contributed by atoms with van der Waals surface area (Å²) in [5.74, 6) is 0.694. The number of amides is 2. The van der Waals surface area contributed by atoms with Gasteiger partial charge in [0.15, 0.2) is 0 Å². The van der Waals surface area contributed by atoms with Crippen LogP contribution in [0.25, 0.3) is 0 Å². The monoisotopic (exact) mass is 340 g/mol. The molecule has 0 radical (unpaired) electrons. The molecule has 3 N–H and O–H groups in total. The number of urea groups is 1. The van der Waals surface area contributed by atoms with Crippen molar-refractivity contribution in [2.24, 2.45) is 0 Å². The molecule has 0 saturated heterocycles. The van der Waals surface area contributed by atoms with E-state index in [2.05, 4.69) is 10.6 Å². The number of benzene rings is 1. The highest BCUT2D eigenvalue weighted by atomic mass is 35.5. The van der Waals surface area contributed by atoms with E-state index < -0.39 is 6.10 Å². The van der Waals surface area contributed by atoms with E-state index in [-0.39, 0.29) is 12.6 Å². The first-order chi connectivity index (χ1) is 10.6. The molecule has 0 aliphatic rings. The predicted octanol–water partition coefficient (Wildman–Crippen LogP) is 2.81. The summed E-state index contributed by atoms with van der Waals surface area (Å²) in [4.78, 5) is 11.6. The molecule has 0 bridgehead atoms. The standard InChI is InChI=1S/C15H17ClN2O3S/c16-12-1-3-13(4-2-12)21-7-6-17-15(20)18-9-14(19)11-5-8-22-10-11/h1-5,8,10,14,19H,6-7,9H2,(H2,17,18,20). The van der Waals surface area contributed by atoms with Crippen molar-refractivity contribution in [3.8, 4) is 5.75 Å². The Balaban J connectivity index is 1.58. The number of ether oxygens (including phenoxy) is 1. The number of thiophene rings is 1. The van der Waals surface area contributed by atoms with Gasteiger partial charge < -0.3 is 20.5 Å². The van der Waals surface area contributed by atoms with E-state index in [4.69, 9.17) is 16.3 Å². The van der Waals surface area contributed by atoms with E-state index in [0.717, 1.165) is 5.56 Å². The van der Waals surface area contributed by atoms with Crippen molar-refractivity contribution in [3.05, 3.63) is 51.7 Å². The van der Waals surface area contributed by atoms with Gasteiger partial charge in [0.05, 0.1) is 12.6 Å². The highest BCUT2D eigenvalue weighted by Gasteiger charge is 2.09. The van der Waals surface area contributed by atoms with E-state index >= 15 is 0 Å². The molecule has 1 aromatic carbocycles. The summed E-state index contributed by atoms with van der Waals surface area (Å²) in [6.07, 6.45) is -0.692. The molecule has 1 atom stereocenters. The fourth-order valence-corrected chi connectivity index (χ4v) is 2.53. The molecular weight excluding hydrogens is 324 g/mol. The van der Waals surface area contributed by atoms with Crippen LogP contribution in [0.4, 0.5) is 4.79 Å². The van der Waals surface area contributed by atoms with Gasteiger partial charge in [0.2, 0.25) is 0 Å². The Morgan fingerprint density at radius 1 is 1.27 bits per heavy atom. The lowest BCUT2D eigenvalue weighted by atomic mass is 10.2. The summed E-state index contributed by atoms with van der Waals surface area (Å²) in [6, 6.07) is 8.49. The summed E-state index contributed by atoms with van der Waals surface area (Å²) in [6.45, 7) is 0.881. The summed E-state index contributed by atoms with van der Waals surface area (Å²) in [5.41, 5.74) is 0.802. The third kappa shape index (κ3) is 5.55. The van der Waals surface area contributed by atoms with Gasteiger partial charge in [-0.15, -0.1) is 0 Å². The number of rotatable bonds is 7. The molecule has 0 saturated carbocycles. The lowest BCUT2D eigenvalue weighted by Gasteiger charge is -2.12. The lowest BCUT2D eigenvalue weighted by molar-refractivity contribution is 0.173. The van der Waals surface area contributed by atoms with E-state index in [0.29, 0.717) is 23.9 Å². The van der Waals surface area contributed by atoms with Gasteiger partial charge in [0.1, 0.15) is 12.4 Å². The van der Waals surface area contributed by atoms with Crippen LogP contribution in [0.15, 0.2) is 41.1 Å². The summed E-state index contributed by atoms with van der Waals surface area (Å²) < 4.78 is 5.45. The molecule has 2 rings (SSSR count).